The second-order valence-corrected chi connectivity index (χ2v) is 4.61. The Morgan fingerprint density at radius 1 is 1.40 bits per heavy atom. The lowest BCUT2D eigenvalue weighted by Crippen LogP contribution is -2.08. The highest BCUT2D eigenvalue weighted by Crippen LogP contribution is 2.53. The molecule has 0 amide bonds. The van der Waals surface area contributed by atoms with E-state index in [-0.39, 0.29) is 12.4 Å². The molecule has 1 fully saturated rings. The Kier molecular flexibility index (Phi) is 1.79. The van der Waals surface area contributed by atoms with Crippen LogP contribution in [0.5, 0.6) is 11.5 Å². The number of fused-ring (bicyclic) bond motifs is 1. The Bertz CT molecular complexity index is 443. The molecule has 80 valence electrons. The molecule has 0 bridgehead atoms. The number of hydrogen-bond donors (Lipinski definition) is 1. The summed E-state index contributed by atoms with van der Waals surface area (Å²) in [6, 6.07) is 1.26. The van der Waals surface area contributed by atoms with Crippen molar-refractivity contribution in [2.75, 3.05) is 6.79 Å². The predicted molar refractivity (Wildman–Crippen MR) is 53.4 cm³/mol. The maximum Gasteiger partial charge on any atom is 0.231 e. The van der Waals surface area contributed by atoms with Gasteiger partial charge < -0.3 is 14.6 Å². The standard InChI is InChI=1S/C10H8BrFO3/c11-8-7(10(13)1-2-10)5(12)3-6-9(8)15-4-14-6/h3,13H,1-2,4H2. The highest BCUT2D eigenvalue weighted by Gasteiger charge is 2.47. The van der Waals surface area contributed by atoms with Crippen molar-refractivity contribution in [1.82, 2.24) is 0 Å². The van der Waals surface area contributed by atoms with E-state index >= 15 is 0 Å². The van der Waals surface area contributed by atoms with Crippen LogP contribution in [0, 0.1) is 5.82 Å². The maximum absolute atomic E-state index is 13.7. The molecule has 1 aromatic carbocycles. The van der Waals surface area contributed by atoms with Crippen LogP contribution in [0.15, 0.2) is 10.5 Å². The summed E-state index contributed by atoms with van der Waals surface area (Å²) >= 11 is 3.25. The second-order valence-electron chi connectivity index (χ2n) is 3.81. The van der Waals surface area contributed by atoms with Crippen LogP contribution >= 0.6 is 15.9 Å². The first-order valence-electron chi connectivity index (χ1n) is 4.62. The maximum atomic E-state index is 13.7. The van der Waals surface area contributed by atoms with Crippen molar-refractivity contribution in [3.05, 3.63) is 21.9 Å². The fourth-order valence-electron chi connectivity index (χ4n) is 1.77. The Labute approximate surface area is 93.9 Å². The van der Waals surface area contributed by atoms with Gasteiger partial charge in [-0.15, -0.1) is 0 Å². The number of rotatable bonds is 1. The Morgan fingerprint density at radius 2 is 2.13 bits per heavy atom. The third-order valence-electron chi connectivity index (χ3n) is 2.75. The van der Waals surface area contributed by atoms with Crippen molar-refractivity contribution in [3.8, 4) is 11.5 Å². The average molecular weight is 275 g/mol. The van der Waals surface area contributed by atoms with Gasteiger partial charge in [0.1, 0.15) is 5.82 Å². The molecule has 0 atom stereocenters. The fraction of sp³-hybridized carbons (Fsp3) is 0.400. The largest absolute Gasteiger partial charge is 0.453 e. The summed E-state index contributed by atoms with van der Waals surface area (Å²) in [5.41, 5.74) is -0.740. The van der Waals surface area contributed by atoms with E-state index in [2.05, 4.69) is 15.9 Å². The van der Waals surface area contributed by atoms with Gasteiger partial charge in [-0.05, 0) is 28.8 Å². The highest BCUT2D eigenvalue weighted by atomic mass is 79.9. The molecule has 0 aromatic heterocycles. The van der Waals surface area contributed by atoms with Crippen LogP contribution in [0.25, 0.3) is 0 Å². The SMILES string of the molecule is OC1(c2c(F)cc3c(c2Br)OCO3)CC1. The molecular weight excluding hydrogens is 267 g/mol. The minimum atomic E-state index is -1.02. The molecule has 1 N–H and O–H groups in total. The van der Waals surface area contributed by atoms with Crippen LogP contribution in [0.2, 0.25) is 0 Å². The number of benzene rings is 1. The van der Waals surface area contributed by atoms with Gasteiger partial charge in [0, 0.05) is 11.6 Å². The Balaban J connectivity index is 2.22. The fourth-order valence-corrected chi connectivity index (χ4v) is 2.64. The smallest absolute Gasteiger partial charge is 0.231 e. The molecule has 5 heteroatoms. The number of ether oxygens (including phenoxy) is 2. The summed E-state index contributed by atoms with van der Waals surface area (Å²) in [4.78, 5) is 0. The molecule has 1 aromatic rings. The quantitative estimate of drug-likeness (QED) is 0.854. The summed E-state index contributed by atoms with van der Waals surface area (Å²) in [7, 11) is 0. The van der Waals surface area contributed by atoms with Gasteiger partial charge in [-0.3, -0.25) is 0 Å². The van der Waals surface area contributed by atoms with Gasteiger partial charge in [0.2, 0.25) is 6.79 Å². The first-order chi connectivity index (χ1) is 7.12. The third kappa shape index (κ3) is 1.26. The molecule has 1 aliphatic carbocycles. The Hall–Kier alpha value is -0.810. The highest BCUT2D eigenvalue weighted by molar-refractivity contribution is 9.10. The minimum Gasteiger partial charge on any atom is -0.453 e. The van der Waals surface area contributed by atoms with E-state index in [9.17, 15) is 9.50 Å². The molecule has 2 aliphatic rings. The second kappa shape index (κ2) is 2.86. The van der Waals surface area contributed by atoms with E-state index in [1.807, 2.05) is 0 Å². The molecule has 0 spiro atoms. The molecule has 1 aliphatic heterocycles. The van der Waals surface area contributed by atoms with E-state index in [1.54, 1.807) is 0 Å². The van der Waals surface area contributed by atoms with Crippen LogP contribution in [0.3, 0.4) is 0 Å². The molecule has 1 heterocycles. The zero-order valence-corrected chi connectivity index (χ0v) is 9.30. The molecule has 0 saturated heterocycles. The lowest BCUT2D eigenvalue weighted by molar-refractivity contribution is 0.145. The molecule has 1 saturated carbocycles. The van der Waals surface area contributed by atoms with Gasteiger partial charge in [-0.25, -0.2) is 4.39 Å². The first-order valence-corrected chi connectivity index (χ1v) is 5.41. The van der Waals surface area contributed by atoms with Crippen molar-refractivity contribution >= 4 is 15.9 Å². The van der Waals surface area contributed by atoms with Crippen molar-refractivity contribution in [2.45, 2.75) is 18.4 Å². The molecule has 15 heavy (non-hydrogen) atoms. The summed E-state index contributed by atoms with van der Waals surface area (Å²) in [6.07, 6.45) is 1.17. The van der Waals surface area contributed by atoms with Crippen LogP contribution in [-0.2, 0) is 5.60 Å². The van der Waals surface area contributed by atoms with Crippen LogP contribution in [0.4, 0.5) is 4.39 Å². The van der Waals surface area contributed by atoms with E-state index in [4.69, 9.17) is 9.47 Å². The third-order valence-corrected chi connectivity index (χ3v) is 3.50. The summed E-state index contributed by atoms with van der Waals surface area (Å²) in [6.45, 7) is 0.0925. The minimum absolute atomic E-state index is 0.0925. The number of hydrogen-bond acceptors (Lipinski definition) is 3. The normalized spacial score (nSPS) is 20.5. The van der Waals surface area contributed by atoms with Gasteiger partial charge >= 0.3 is 0 Å². The molecule has 3 rings (SSSR count). The van der Waals surface area contributed by atoms with Crippen LogP contribution < -0.4 is 9.47 Å². The van der Waals surface area contributed by atoms with Crippen molar-refractivity contribution in [1.29, 1.82) is 0 Å². The van der Waals surface area contributed by atoms with E-state index in [1.165, 1.54) is 6.07 Å². The molecular formula is C10H8BrFO3. The number of aliphatic hydroxyl groups is 1. The molecule has 0 unspecified atom stereocenters. The first kappa shape index (κ1) is 9.42. The molecule has 0 radical (unpaired) electrons. The van der Waals surface area contributed by atoms with Gasteiger partial charge in [0.15, 0.2) is 11.5 Å². The van der Waals surface area contributed by atoms with E-state index in [0.29, 0.717) is 28.8 Å². The van der Waals surface area contributed by atoms with Crippen molar-refractivity contribution in [2.24, 2.45) is 0 Å². The topological polar surface area (TPSA) is 38.7 Å². The van der Waals surface area contributed by atoms with Gasteiger partial charge in [0.25, 0.3) is 0 Å². The lowest BCUT2D eigenvalue weighted by Gasteiger charge is -2.13. The zero-order valence-electron chi connectivity index (χ0n) is 7.72. The monoisotopic (exact) mass is 274 g/mol. The Morgan fingerprint density at radius 3 is 2.80 bits per heavy atom. The van der Waals surface area contributed by atoms with E-state index < -0.39 is 11.4 Å². The number of halogens is 2. The summed E-state index contributed by atoms with van der Waals surface area (Å²) in [5.74, 6) is 0.408. The molecule has 3 nitrogen and oxygen atoms in total. The van der Waals surface area contributed by atoms with E-state index in [0.717, 1.165) is 0 Å². The van der Waals surface area contributed by atoms with Crippen LogP contribution in [0.1, 0.15) is 18.4 Å². The zero-order chi connectivity index (χ0) is 10.6. The van der Waals surface area contributed by atoms with Gasteiger partial charge in [-0.1, -0.05) is 0 Å². The van der Waals surface area contributed by atoms with Crippen molar-refractivity contribution < 1.29 is 19.0 Å². The van der Waals surface area contributed by atoms with Crippen LogP contribution in [-0.4, -0.2) is 11.9 Å². The van der Waals surface area contributed by atoms with Gasteiger partial charge in [0.05, 0.1) is 10.1 Å². The summed E-state index contributed by atoms with van der Waals surface area (Å²) in [5, 5.41) is 9.93. The summed E-state index contributed by atoms with van der Waals surface area (Å²) < 4.78 is 24.5. The lowest BCUT2D eigenvalue weighted by atomic mass is 10.1. The van der Waals surface area contributed by atoms with Gasteiger partial charge in [-0.2, -0.15) is 0 Å². The van der Waals surface area contributed by atoms with Crippen molar-refractivity contribution in [3.63, 3.8) is 0 Å². The average Bonchev–Trinajstić information content (AvgIpc) is 2.75. The predicted octanol–water partition coefficient (Wildman–Crippen LogP) is 2.30.